The Morgan fingerprint density at radius 3 is 2.71 bits per heavy atom. The van der Waals surface area contributed by atoms with Gasteiger partial charge >= 0.3 is 0 Å². The number of nitrogens with zero attached hydrogens (tertiary/aromatic N) is 5. The molecule has 1 unspecified atom stereocenters. The van der Waals surface area contributed by atoms with Crippen LogP contribution in [0.3, 0.4) is 0 Å². The summed E-state index contributed by atoms with van der Waals surface area (Å²) in [7, 11) is 0. The molecule has 0 spiro atoms. The van der Waals surface area contributed by atoms with Gasteiger partial charge in [0.2, 0.25) is 11.9 Å². The summed E-state index contributed by atoms with van der Waals surface area (Å²) in [6.07, 6.45) is 6.85. The van der Waals surface area contributed by atoms with Crippen LogP contribution in [0.25, 0.3) is 22.2 Å². The Morgan fingerprint density at radius 2 is 1.87 bits per heavy atom. The van der Waals surface area contributed by atoms with E-state index in [1.807, 2.05) is 29.3 Å². The van der Waals surface area contributed by atoms with Crippen LogP contribution in [-0.2, 0) is 4.79 Å². The maximum atomic E-state index is 13.1. The number of aromatic amines is 1. The average Bonchev–Trinajstić information content (AvgIpc) is 3.59. The summed E-state index contributed by atoms with van der Waals surface area (Å²) in [4.78, 5) is 32.5. The normalized spacial score (nSPS) is 21.8. The van der Waals surface area contributed by atoms with Gasteiger partial charge in [0, 0.05) is 74.5 Å². The second-order valence-corrected chi connectivity index (χ2v) is 11.3. The number of hydrogen-bond acceptors (Lipinski definition) is 7. The highest BCUT2D eigenvalue weighted by Gasteiger charge is 2.29. The van der Waals surface area contributed by atoms with E-state index in [0.29, 0.717) is 29.8 Å². The summed E-state index contributed by atoms with van der Waals surface area (Å²) in [5.74, 6) is 1.53. The lowest BCUT2D eigenvalue weighted by Crippen LogP contribution is -2.48. The number of likely N-dealkylation sites (tertiary alicyclic amines) is 2. The summed E-state index contributed by atoms with van der Waals surface area (Å²) < 4.78 is 0. The van der Waals surface area contributed by atoms with Gasteiger partial charge in [0.1, 0.15) is 0 Å². The highest BCUT2D eigenvalue weighted by atomic mass is 35.5. The molecule has 3 aliphatic rings. The van der Waals surface area contributed by atoms with E-state index in [-0.39, 0.29) is 11.9 Å². The van der Waals surface area contributed by atoms with Gasteiger partial charge in [-0.15, -0.1) is 0 Å². The first-order valence-electron chi connectivity index (χ1n) is 13.9. The van der Waals surface area contributed by atoms with Gasteiger partial charge in [-0.05, 0) is 44.3 Å². The fraction of sp³-hybridized carbons (Fsp3) is 0.536. The molecule has 0 saturated carbocycles. The number of nitrogens with one attached hydrogen (secondary N) is 3. The highest BCUT2D eigenvalue weighted by molar-refractivity contribution is 6.33. The van der Waals surface area contributed by atoms with Crippen molar-refractivity contribution in [3.05, 3.63) is 41.7 Å². The van der Waals surface area contributed by atoms with Crippen molar-refractivity contribution in [2.24, 2.45) is 5.92 Å². The van der Waals surface area contributed by atoms with Gasteiger partial charge < -0.3 is 25.4 Å². The predicted molar refractivity (Wildman–Crippen MR) is 151 cm³/mol. The largest absolute Gasteiger partial charge is 0.360 e. The average molecular weight is 537 g/mol. The van der Waals surface area contributed by atoms with Gasteiger partial charge in [-0.1, -0.05) is 29.8 Å². The molecule has 9 nitrogen and oxygen atoms in total. The van der Waals surface area contributed by atoms with E-state index < -0.39 is 0 Å². The summed E-state index contributed by atoms with van der Waals surface area (Å²) in [5.41, 5.74) is 2.70. The van der Waals surface area contributed by atoms with Crippen molar-refractivity contribution in [2.45, 2.75) is 25.3 Å². The van der Waals surface area contributed by atoms with Crippen LogP contribution >= 0.6 is 11.6 Å². The molecule has 1 atom stereocenters. The summed E-state index contributed by atoms with van der Waals surface area (Å²) in [6, 6.07) is 8.23. The maximum absolute atomic E-state index is 13.1. The molecule has 2 aromatic heterocycles. The number of hydrogen-bond donors (Lipinski definition) is 3. The molecule has 202 valence electrons. The van der Waals surface area contributed by atoms with Crippen molar-refractivity contribution in [3.63, 3.8) is 0 Å². The number of anilines is 1. The van der Waals surface area contributed by atoms with Crippen LogP contribution in [0.5, 0.6) is 0 Å². The van der Waals surface area contributed by atoms with Crippen molar-refractivity contribution in [1.82, 2.24) is 35.0 Å². The molecule has 1 aromatic carbocycles. The number of aromatic nitrogens is 3. The third kappa shape index (κ3) is 5.81. The van der Waals surface area contributed by atoms with Gasteiger partial charge in [0.15, 0.2) is 0 Å². The van der Waals surface area contributed by atoms with Crippen LogP contribution in [-0.4, -0.2) is 107 Å². The van der Waals surface area contributed by atoms with Crippen molar-refractivity contribution in [3.8, 4) is 11.3 Å². The van der Waals surface area contributed by atoms with Gasteiger partial charge in [-0.25, -0.2) is 9.97 Å². The SMILES string of the molecule is O=C(CN1CCC(CN2CCNCC2)CC1)N1CCC(Nc2ncc(Cl)c(-c3c[nH]c4ccccc34)n2)C1. The van der Waals surface area contributed by atoms with Crippen LogP contribution in [0.2, 0.25) is 5.02 Å². The van der Waals surface area contributed by atoms with Crippen LogP contribution in [0, 0.1) is 5.92 Å². The molecule has 38 heavy (non-hydrogen) atoms. The van der Waals surface area contributed by atoms with E-state index in [9.17, 15) is 4.79 Å². The van der Waals surface area contributed by atoms with Crippen molar-refractivity contribution in [2.75, 3.05) is 70.8 Å². The molecule has 3 saturated heterocycles. The van der Waals surface area contributed by atoms with E-state index >= 15 is 0 Å². The van der Waals surface area contributed by atoms with E-state index in [0.717, 1.165) is 74.6 Å². The third-order valence-corrected chi connectivity index (χ3v) is 8.53. The number of piperidine rings is 1. The Balaban J connectivity index is 0.999. The van der Waals surface area contributed by atoms with Crippen LogP contribution in [0.4, 0.5) is 5.95 Å². The summed E-state index contributed by atoms with van der Waals surface area (Å²) in [6.45, 7) is 9.74. The second kappa shape index (κ2) is 11.6. The Kier molecular flexibility index (Phi) is 7.78. The smallest absolute Gasteiger partial charge is 0.236 e. The number of carbonyl (C=O) groups is 1. The monoisotopic (exact) mass is 536 g/mol. The molecule has 3 N–H and O–H groups in total. The molecule has 3 aromatic rings. The zero-order valence-electron chi connectivity index (χ0n) is 21.8. The quantitative estimate of drug-likeness (QED) is 0.427. The fourth-order valence-corrected chi connectivity index (χ4v) is 6.25. The zero-order chi connectivity index (χ0) is 25.9. The van der Waals surface area contributed by atoms with Crippen molar-refractivity contribution in [1.29, 1.82) is 0 Å². The molecule has 5 heterocycles. The second-order valence-electron chi connectivity index (χ2n) is 10.9. The van der Waals surface area contributed by atoms with Crippen molar-refractivity contribution >= 4 is 34.4 Å². The van der Waals surface area contributed by atoms with E-state index in [1.54, 1.807) is 6.20 Å². The molecular weight excluding hydrogens is 500 g/mol. The number of fused-ring (bicyclic) bond motifs is 1. The molecule has 1 amide bonds. The molecule has 6 rings (SSSR count). The van der Waals surface area contributed by atoms with Crippen LogP contribution in [0.15, 0.2) is 36.7 Å². The first-order valence-corrected chi connectivity index (χ1v) is 14.3. The van der Waals surface area contributed by atoms with E-state index in [1.165, 1.54) is 19.4 Å². The number of rotatable bonds is 7. The molecular formula is C28H37ClN8O. The Morgan fingerprint density at radius 1 is 1.05 bits per heavy atom. The lowest BCUT2D eigenvalue weighted by Gasteiger charge is -2.36. The van der Waals surface area contributed by atoms with Gasteiger partial charge in [0.05, 0.1) is 23.5 Å². The van der Waals surface area contributed by atoms with Crippen molar-refractivity contribution < 1.29 is 4.79 Å². The molecule has 0 aliphatic carbocycles. The summed E-state index contributed by atoms with van der Waals surface area (Å²) in [5, 5.41) is 8.46. The maximum Gasteiger partial charge on any atom is 0.236 e. The predicted octanol–water partition coefficient (Wildman–Crippen LogP) is 2.91. The van der Waals surface area contributed by atoms with E-state index in [4.69, 9.17) is 16.6 Å². The topological polar surface area (TPSA) is 92.4 Å². The number of benzene rings is 1. The van der Waals surface area contributed by atoms with E-state index in [2.05, 4.69) is 36.5 Å². The number of H-pyrrole nitrogens is 1. The fourth-order valence-electron chi connectivity index (χ4n) is 6.06. The zero-order valence-corrected chi connectivity index (χ0v) is 22.6. The number of carbonyl (C=O) groups excluding carboxylic acids is 1. The minimum Gasteiger partial charge on any atom is -0.360 e. The molecule has 10 heteroatoms. The molecule has 3 aliphatic heterocycles. The number of para-hydroxylation sites is 1. The number of piperazine rings is 1. The molecule has 3 fully saturated rings. The molecule has 0 radical (unpaired) electrons. The standard InChI is InChI=1S/C28H37ClN8O/c29-24-16-32-28(34-27(24)23-15-31-25-4-2-1-3-22(23)25)33-21-7-12-37(18-21)26(38)19-35-10-5-20(6-11-35)17-36-13-8-30-9-14-36/h1-4,15-16,20-21,30-31H,5-14,17-19H2,(H,32,33,34). The number of halogens is 1. The van der Waals surface area contributed by atoms with Crippen LogP contribution in [0.1, 0.15) is 19.3 Å². The van der Waals surface area contributed by atoms with Gasteiger partial charge in [-0.3, -0.25) is 9.69 Å². The van der Waals surface area contributed by atoms with Gasteiger partial charge in [0.25, 0.3) is 0 Å². The molecule has 0 bridgehead atoms. The van der Waals surface area contributed by atoms with Gasteiger partial charge in [-0.2, -0.15) is 0 Å². The van der Waals surface area contributed by atoms with Crippen LogP contribution < -0.4 is 10.6 Å². The Hall–Kier alpha value is -2.72. The Bertz CT molecular complexity index is 1250. The third-order valence-electron chi connectivity index (χ3n) is 8.25. The minimum atomic E-state index is 0.126. The minimum absolute atomic E-state index is 0.126. The summed E-state index contributed by atoms with van der Waals surface area (Å²) >= 11 is 6.49. The first kappa shape index (κ1) is 25.6. The first-order chi connectivity index (χ1) is 18.6. The number of amides is 1. The lowest BCUT2D eigenvalue weighted by molar-refractivity contribution is -0.131. The Labute approximate surface area is 228 Å². The highest BCUT2D eigenvalue weighted by Crippen LogP contribution is 2.32. The lowest BCUT2D eigenvalue weighted by atomic mass is 9.96.